The average molecular weight is 324 g/mol. The molecule has 22 heavy (non-hydrogen) atoms. The van der Waals surface area contributed by atoms with Crippen LogP contribution in [0.5, 0.6) is 0 Å². The standard InChI is InChI=1S/C14H28O8/c1-2-8(16)12(20)14(22)13(21)10(18)4-6-3-9(17)11(19)7(6)5-15/h6-22H,2-5H2,1H3/t6?,7-,8-,9+,10+,11?,12+,13+,14+/m0/s1. The lowest BCUT2D eigenvalue weighted by atomic mass is 9.87. The van der Waals surface area contributed by atoms with Crippen LogP contribution in [0.3, 0.4) is 0 Å². The first-order valence-electron chi connectivity index (χ1n) is 7.61. The minimum Gasteiger partial charge on any atom is -0.396 e. The van der Waals surface area contributed by atoms with Crippen molar-refractivity contribution in [2.45, 2.75) is 68.9 Å². The van der Waals surface area contributed by atoms with Crippen LogP contribution in [0.2, 0.25) is 0 Å². The van der Waals surface area contributed by atoms with Gasteiger partial charge in [0.25, 0.3) is 0 Å². The number of aliphatic hydroxyl groups excluding tert-OH is 8. The van der Waals surface area contributed by atoms with Crippen LogP contribution in [0.25, 0.3) is 0 Å². The highest BCUT2D eigenvalue weighted by atomic mass is 16.4. The number of hydrogen-bond acceptors (Lipinski definition) is 8. The summed E-state index contributed by atoms with van der Waals surface area (Å²) in [4.78, 5) is 0. The fraction of sp³-hybridized carbons (Fsp3) is 1.00. The molecule has 2 unspecified atom stereocenters. The summed E-state index contributed by atoms with van der Waals surface area (Å²) in [5, 5.41) is 77.3. The number of aliphatic hydroxyl groups is 8. The molecular weight excluding hydrogens is 296 g/mol. The Balaban J connectivity index is 2.62. The second-order valence-corrected chi connectivity index (χ2v) is 6.15. The Bertz CT molecular complexity index is 328. The molecule has 0 aromatic heterocycles. The van der Waals surface area contributed by atoms with E-state index >= 15 is 0 Å². The van der Waals surface area contributed by atoms with E-state index < -0.39 is 54.6 Å². The predicted octanol–water partition coefficient (Wildman–Crippen LogP) is -3.06. The third-order valence-corrected chi connectivity index (χ3v) is 4.64. The van der Waals surface area contributed by atoms with E-state index in [2.05, 4.69) is 0 Å². The highest BCUT2D eigenvalue weighted by Crippen LogP contribution is 2.36. The normalized spacial score (nSPS) is 35.9. The monoisotopic (exact) mass is 324 g/mol. The Kier molecular flexibility index (Phi) is 7.63. The summed E-state index contributed by atoms with van der Waals surface area (Å²) in [6.45, 7) is 1.22. The molecule has 132 valence electrons. The van der Waals surface area contributed by atoms with Crippen molar-refractivity contribution < 1.29 is 40.9 Å². The molecule has 8 N–H and O–H groups in total. The summed E-state index contributed by atoms with van der Waals surface area (Å²) in [6, 6.07) is 0. The fourth-order valence-electron chi connectivity index (χ4n) is 3.07. The Morgan fingerprint density at radius 3 is 1.95 bits per heavy atom. The molecule has 0 radical (unpaired) electrons. The van der Waals surface area contributed by atoms with E-state index in [9.17, 15) is 40.9 Å². The minimum atomic E-state index is -1.73. The first-order valence-corrected chi connectivity index (χ1v) is 7.61. The van der Waals surface area contributed by atoms with E-state index in [4.69, 9.17) is 0 Å². The predicted molar refractivity (Wildman–Crippen MR) is 75.6 cm³/mol. The molecule has 1 aliphatic carbocycles. The molecule has 0 amide bonds. The van der Waals surface area contributed by atoms with E-state index in [0.717, 1.165) is 0 Å². The van der Waals surface area contributed by atoms with E-state index in [-0.39, 0.29) is 25.9 Å². The summed E-state index contributed by atoms with van der Waals surface area (Å²) in [7, 11) is 0. The zero-order chi connectivity index (χ0) is 17.0. The smallest absolute Gasteiger partial charge is 0.111 e. The fourth-order valence-corrected chi connectivity index (χ4v) is 3.07. The molecule has 0 aromatic carbocycles. The minimum absolute atomic E-state index is 0.0630. The van der Waals surface area contributed by atoms with Gasteiger partial charge in [0.05, 0.1) is 24.4 Å². The largest absolute Gasteiger partial charge is 0.396 e. The van der Waals surface area contributed by atoms with Crippen LogP contribution in [0.4, 0.5) is 0 Å². The van der Waals surface area contributed by atoms with Crippen molar-refractivity contribution in [3.8, 4) is 0 Å². The van der Waals surface area contributed by atoms with Gasteiger partial charge in [0.15, 0.2) is 0 Å². The summed E-state index contributed by atoms with van der Waals surface area (Å²) in [5.74, 6) is -1.06. The Hall–Kier alpha value is -0.320. The SMILES string of the molecule is CC[C@H](O)[C@@H](O)[C@@H](O)[C@H](O)[C@H](O)CC1C[C@@H](O)C(O)[C@H]1CO. The van der Waals surface area contributed by atoms with Crippen molar-refractivity contribution >= 4 is 0 Å². The molecule has 1 aliphatic rings. The highest BCUT2D eigenvalue weighted by molar-refractivity contribution is 4.93. The lowest BCUT2D eigenvalue weighted by molar-refractivity contribution is -0.138. The molecule has 0 aromatic rings. The van der Waals surface area contributed by atoms with Gasteiger partial charge in [0.1, 0.15) is 18.3 Å². The maximum atomic E-state index is 9.99. The summed E-state index contributed by atoms with van der Waals surface area (Å²) in [6.07, 6.45) is -9.50. The number of rotatable bonds is 8. The summed E-state index contributed by atoms with van der Waals surface area (Å²) >= 11 is 0. The summed E-state index contributed by atoms with van der Waals surface area (Å²) in [5.41, 5.74) is 0. The average Bonchev–Trinajstić information content (AvgIpc) is 2.77. The molecule has 8 nitrogen and oxygen atoms in total. The van der Waals surface area contributed by atoms with E-state index in [1.807, 2.05) is 0 Å². The van der Waals surface area contributed by atoms with Gasteiger partial charge in [-0.05, 0) is 25.2 Å². The molecule has 0 spiro atoms. The Labute approximate surface area is 129 Å². The molecule has 0 bridgehead atoms. The molecule has 9 atom stereocenters. The van der Waals surface area contributed by atoms with Gasteiger partial charge in [-0.3, -0.25) is 0 Å². The molecule has 1 saturated carbocycles. The van der Waals surface area contributed by atoms with Gasteiger partial charge in [-0.1, -0.05) is 6.92 Å². The molecule has 1 fully saturated rings. The van der Waals surface area contributed by atoms with E-state index in [1.165, 1.54) is 0 Å². The van der Waals surface area contributed by atoms with Crippen LogP contribution in [-0.2, 0) is 0 Å². The second kappa shape index (κ2) is 8.51. The molecule has 8 heteroatoms. The highest BCUT2D eigenvalue weighted by Gasteiger charge is 2.43. The van der Waals surface area contributed by atoms with Crippen molar-refractivity contribution in [2.75, 3.05) is 6.61 Å². The van der Waals surface area contributed by atoms with Crippen molar-refractivity contribution in [3.05, 3.63) is 0 Å². The van der Waals surface area contributed by atoms with E-state index in [1.54, 1.807) is 6.92 Å². The quantitative estimate of drug-likeness (QED) is 0.233. The van der Waals surface area contributed by atoms with Crippen LogP contribution in [0.1, 0.15) is 26.2 Å². The Morgan fingerprint density at radius 2 is 1.45 bits per heavy atom. The molecule has 0 saturated heterocycles. The van der Waals surface area contributed by atoms with Crippen LogP contribution in [-0.4, -0.2) is 90.2 Å². The second-order valence-electron chi connectivity index (χ2n) is 6.15. The van der Waals surface area contributed by atoms with Gasteiger partial charge in [0, 0.05) is 12.5 Å². The van der Waals surface area contributed by atoms with Gasteiger partial charge in [-0.15, -0.1) is 0 Å². The maximum absolute atomic E-state index is 9.99. The van der Waals surface area contributed by atoms with Gasteiger partial charge < -0.3 is 40.9 Å². The lowest BCUT2D eigenvalue weighted by Gasteiger charge is -2.30. The van der Waals surface area contributed by atoms with Crippen molar-refractivity contribution in [2.24, 2.45) is 11.8 Å². The molecule has 1 rings (SSSR count). The molecular formula is C14H28O8. The third-order valence-electron chi connectivity index (χ3n) is 4.64. The maximum Gasteiger partial charge on any atom is 0.111 e. The van der Waals surface area contributed by atoms with Crippen LogP contribution >= 0.6 is 0 Å². The van der Waals surface area contributed by atoms with Crippen molar-refractivity contribution in [1.82, 2.24) is 0 Å². The zero-order valence-electron chi connectivity index (χ0n) is 12.6. The van der Waals surface area contributed by atoms with Gasteiger partial charge in [-0.25, -0.2) is 0 Å². The van der Waals surface area contributed by atoms with Gasteiger partial charge in [-0.2, -0.15) is 0 Å². The Morgan fingerprint density at radius 1 is 0.909 bits per heavy atom. The first-order chi connectivity index (χ1) is 10.2. The topological polar surface area (TPSA) is 162 Å². The lowest BCUT2D eigenvalue weighted by Crippen LogP contribution is -2.49. The van der Waals surface area contributed by atoms with Crippen LogP contribution in [0.15, 0.2) is 0 Å². The van der Waals surface area contributed by atoms with Crippen LogP contribution < -0.4 is 0 Å². The van der Waals surface area contributed by atoms with Gasteiger partial charge in [0.2, 0.25) is 0 Å². The number of hydrogen-bond donors (Lipinski definition) is 8. The van der Waals surface area contributed by atoms with Crippen molar-refractivity contribution in [3.63, 3.8) is 0 Å². The van der Waals surface area contributed by atoms with Gasteiger partial charge >= 0.3 is 0 Å². The third kappa shape index (κ3) is 4.36. The van der Waals surface area contributed by atoms with Crippen molar-refractivity contribution in [1.29, 1.82) is 0 Å². The van der Waals surface area contributed by atoms with E-state index in [0.29, 0.717) is 0 Å². The molecule has 0 aliphatic heterocycles. The summed E-state index contributed by atoms with van der Waals surface area (Å²) < 4.78 is 0. The zero-order valence-corrected chi connectivity index (χ0v) is 12.6. The van der Waals surface area contributed by atoms with Crippen LogP contribution in [0, 0.1) is 11.8 Å². The molecule has 0 heterocycles. The first kappa shape index (κ1) is 19.7.